The predicted molar refractivity (Wildman–Crippen MR) is 109 cm³/mol. The van der Waals surface area contributed by atoms with Gasteiger partial charge in [0.25, 0.3) is 0 Å². The standard InChI is InChI=1S/C19H20N4O2S2/c1-4-16-17(15-6-5-11-20-18(15)26-3)21-22-23(16)27-12-13-7-9-14(10-8-13)19(24)25-2/h5-11H,4,12H2,1-3H3. The van der Waals surface area contributed by atoms with Gasteiger partial charge in [-0.05, 0) is 54.5 Å². The number of aromatic nitrogens is 4. The van der Waals surface area contributed by atoms with Crippen molar-refractivity contribution in [2.75, 3.05) is 13.4 Å². The van der Waals surface area contributed by atoms with Gasteiger partial charge in [0.1, 0.15) is 10.7 Å². The summed E-state index contributed by atoms with van der Waals surface area (Å²) in [7, 11) is 1.38. The average Bonchev–Trinajstić information content (AvgIpc) is 3.14. The number of pyridine rings is 1. The van der Waals surface area contributed by atoms with Gasteiger partial charge < -0.3 is 4.74 Å². The highest BCUT2D eigenvalue weighted by Crippen LogP contribution is 2.31. The highest BCUT2D eigenvalue weighted by atomic mass is 32.2. The largest absolute Gasteiger partial charge is 0.465 e. The Kier molecular flexibility index (Phi) is 6.52. The Labute approximate surface area is 166 Å². The minimum Gasteiger partial charge on any atom is -0.465 e. The lowest BCUT2D eigenvalue weighted by Gasteiger charge is -2.07. The van der Waals surface area contributed by atoms with E-state index in [-0.39, 0.29) is 5.97 Å². The summed E-state index contributed by atoms with van der Waals surface area (Å²) in [6.45, 7) is 2.10. The monoisotopic (exact) mass is 400 g/mol. The van der Waals surface area contributed by atoms with Crippen LogP contribution in [-0.2, 0) is 16.9 Å². The van der Waals surface area contributed by atoms with Crippen LogP contribution in [0.2, 0.25) is 0 Å². The van der Waals surface area contributed by atoms with E-state index >= 15 is 0 Å². The van der Waals surface area contributed by atoms with Crippen LogP contribution in [0.1, 0.15) is 28.5 Å². The molecule has 1 aromatic carbocycles. The summed E-state index contributed by atoms with van der Waals surface area (Å²) in [5.74, 6) is 0.393. The van der Waals surface area contributed by atoms with Gasteiger partial charge in [0.15, 0.2) is 0 Å². The van der Waals surface area contributed by atoms with Crippen molar-refractivity contribution in [1.29, 1.82) is 0 Å². The molecule has 6 nitrogen and oxygen atoms in total. The Morgan fingerprint density at radius 3 is 2.67 bits per heavy atom. The summed E-state index contributed by atoms with van der Waals surface area (Å²) in [5, 5.41) is 9.68. The van der Waals surface area contributed by atoms with E-state index in [1.54, 1.807) is 42.0 Å². The maximum atomic E-state index is 11.5. The van der Waals surface area contributed by atoms with E-state index in [0.717, 1.165) is 39.7 Å². The number of benzene rings is 1. The lowest BCUT2D eigenvalue weighted by Crippen LogP contribution is -2.01. The zero-order valence-corrected chi connectivity index (χ0v) is 17.0. The molecule has 27 heavy (non-hydrogen) atoms. The van der Waals surface area contributed by atoms with Crippen molar-refractivity contribution in [3.8, 4) is 11.3 Å². The fraction of sp³-hybridized carbons (Fsp3) is 0.263. The molecule has 0 atom stereocenters. The van der Waals surface area contributed by atoms with Gasteiger partial charge in [-0.25, -0.2) is 9.78 Å². The topological polar surface area (TPSA) is 69.9 Å². The molecular weight excluding hydrogens is 380 g/mol. The lowest BCUT2D eigenvalue weighted by atomic mass is 10.1. The zero-order chi connectivity index (χ0) is 19.2. The first kappa shape index (κ1) is 19.4. The second-order valence-electron chi connectivity index (χ2n) is 5.63. The number of methoxy groups -OCH3 is 1. The van der Waals surface area contributed by atoms with Crippen molar-refractivity contribution < 1.29 is 9.53 Å². The van der Waals surface area contributed by atoms with E-state index in [1.807, 2.05) is 34.6 Å². The van der Waals surface area contributed by atoms with Gasteiger partial charge in [-0.2, -0.15) is 4.09 Å². The molecule has 0 N–H and O–H groups in total. The molecule has 0 aliphatic heterocycles. The van der Waals surface area contributed by atoms with Crippen LogP contribution in [-0.4, -0.2) is 38.7 Å². The second-order valence-corrected chi connectivity index (χ2v) is 7.32. The number of ether oxygens (including phenoxy) is 1. The van der Waals surface area contributed by atoms with Gasteiger partial charge in [-0.3, -0.25) is 0 Å². The number of nitrogens with zero attached hydrogens (tertiary/aromatic N) is 4. The molecular formula is C19H20N4O2S2. The molecule has 3 aromatic rings. The lowest BCUT2D eigenvalue weighted by molar-refractivity contribution is 0.0600. The Morgan fingerprint density at radius 2 is 2.00 bits per heavy atom. The van der Waals surface area contributed by atoms with Gasteiger partial charge in [-0.15, -0.1) is 16.9 Å². The van der Waals surface area contributed by atoms with Crippen molar-refractivity contribution in [1.82, 2.24) is 19.4 Å². The van der Waals surface area contributed by atoms with Crippen molar-refractivity contribution >= 4 is 29.7 Å². The molecule has 8 heteroatoms. The highest BCUT2D eigenvalue weighted by Gasteiger charge is 2.17. The summed E-state index contributed by atoms with van der Waals surface area (Å²) >= 11 is 3.18. The molecule has 0 aliphatic carbocycles. The molecule has 0 saturated heterocycles. The van der Waals surface area contributed by atoms with Gasteiger partial charge in [0, 0.05) is 17.5 Å². The number of hydrogen-bond acceptors (Lipinski definition) is 7. The first-order valence-corrected chi connectivity index (χ1v) is 10.6. The van der Waals surface area contributed by atoms with E-state index in [0.29, 0.717) is 5.56 Å². The van der Waals surface area contributed by atoms with Crippen LogP contribution in [0.4, 0.5) is 0 Å². The number of carbonyl (C=O) groups is 1. The van der Waals surface area contributed by atoms with Crippen LogP contribution < -0.4 is 0 Å². The highest BCUT2D eigenvalue weighted by molar-refractivity contribution is 7.98. The quantitative estimate of drug-likeness (QED) is 0.437. The van der Waals surface area contributed by atoms with Crippen LogP contribution >= 0.6 is 23.7 Å². The number of thioether (sulfide) groups is 1. The Bertz CT molecular complexity index is 926. The molecule has 140 valence electrons. The third kappa shape index (κ3) is 4.33. The summed E-state index contributed by atoms with van der Waals surface area (Å²) < 4.78 is 6.60. The SMILES string of the molecule is CCc1c(-c2cccnc2SC)nnn1SCc1ccc(C(=O)OC)cc1. The fourth-order valence-corrected chi connectivity index (χ4v) is 4.10. The molecule has 0 aliphatic rings. The van der Waals surface area contributed by atoms with E-state index in [2.05, 4.69) is 22.2 Å². The third-order valence-corrected chi connectivity index (χ3v) is 5.73. The molecule has 0 fully saturated rings. The van der Waals surface area contributed by atoms with E-state index in [9.17, 15) is 4.79 Å². The van der Waals surface area contributed by atoms with Crippen LogP contribution in [0, 0.1) is 0 Å². The average molecular weight is 401 g/mol. The van der Waals surface area contributed by atoms with E-state index in [4.69, 9.17) is 4.74 Å². The van der Waals surface area contributed by atoms with Crippen molar-refractivity contribution in [2.45, 2.75) is 24.1 Å². The normalized spacial score (nSPS) is 10.8. The first-order valence-electron chi connectivity index (χ1n) is 8.42. The minimum atomic E-state index is -0.329. The van der Waals surface area contributed by atoms with Gasteiger partial charge in [-0.1, -0.05) is 24.3 Å². The molecule has 0 saturated carbocycles. The molecule has 3 rings (SSSR count). The second kappa shape index (κ2) is 9.05. The molecule has 0 spiro atoms. The zero-order valence-electron chi connectivity index (χ0n) is 15.4. The molecule has 0 unspecified atom stereocenters. The molecule has 0 bridgehead atoms. The number of carbonyl (C=O) groups excluding carboxylic acids is 1. The molecule has 0 amide bonds. The third-order valence-electron chi connectivity index (χ3n) is 4.01. The Balaban J connectivity index is 1.78. The number of rotatable bonds is 7. The summed E-state index contributed by atoms with van der Waals surface area (Å²) in [6, 6.07) is 11.3. The van der Waals surface area contributed by atoms with Gasteiger partial charge in [0.2, 0.25) is 0 Å². The van der Waals surface area contributed by atoms with Crippen molar-refractivity contribution in [3.63, 3.8) is 0 Å². The molecule has 2 aromatic heterocycles. The van der Waals surface area contributed by atoms with Crippen molar-refractivity contribution in [3.05, 3.63) is 59.4 Å². The minimum absolute atomic E-state index is 0.329. The number of esters is 1. The van der Waals surface area contributed by atoms with Crippen LogP contribution in [0.3, 0.4) is 0 Å². The van der Waals surface area contributed by atoms with Gasteiger partial charge >= 0.3 is 5.97 Å². The predicted octanol–water partition coefficient (Wildman–Crippen LogP) is 4.11. The van der Waals surface area contributed by atoms with E-state index < -0.39 is 0 Å². The first-order chi connectivity index (χ1) is 13.2. The number of hydrogen-bond donors (Lipinski definition) is 0. The molecule has 2 heterocycles. The Morgan fingerprint density at radius 1 is 1.22 bits per heavy atom. The maximum Gasteiger partial charge on any atom is 0.337 e. The van der Waals surface area contributed by atoms with E-state index in [1.165, 1.54) is 7.11 Å². The summed E-state index contributed by atoms with van der Waals surface area (Å²) in [5.41, 5.74) is 4.59. The Hall–Kier alpha value is -2.32. The van der Waals surface area contributed by atoms with Crippen molar-refractivity contribution in [2.24, 2.45) is 0 Å². The molecule has 0 radical (unpaired) electrons. The summed E-state index contributed by atoms with van der Waals surface area (Å²) in [6.07, 6.45) is 4.62. The van der Waals surface area contributed by atoms with Gasteiger partial charge in [0.05, 0.1) is 18.4 Å². The summed E-state index contributed by atoms with van der Waals surface area (Å²) in [4.78, 5) is 15.9. The maximum absolute atomic E-state index is 11.5. The van der Waals surface area contributed by atoms with Crippen LogP contribution in [0.25, 0.3) is 11.3 Å². The smallest absolute Gasteiger partial charge is 0.337 e. The van der Waals surface area contributed by atoms with Crippen LogP contribution in [0.5, 0.6) is 0 Å². The van der Waals surface area contributed by atoms with Crippen LogP contribution in [0.15, 0.2) is 47.6 Å². The fourth-order valence-electron chi connectivity index (χ4n) is 2.63.